The standard InChI is InChI=1S/C17H16F4N2O3S2/c1-28(25,26)9-8-11-2-4-12(5-3-11)22-16(24)23-13-6-7-15(14(18)10-13)27-17(19,20)21/h2-7,10H,8-9H2,1H3,(H2,22,23,24). The molecule has 5 nitrogen and oxygen atoms in total. The summed E-state index contributed by atoms with van der Waals surface area (Å²) in [6.45, 7) is 0. The maximum Gasteiger partial charge on any atom is 0.446 e. The first kappa shape index (κ1) is 22.0. The molecular formula is C17H16F4N2O3S2. The normalized spacial score (nSPS) is 11.9. The SMILES string of the molecule is CS(=O)(=O)CCc1ccc(NC(=O)Nc2ccc(SC(F)(F)F)c(F)c2)cc1. The molecule has 0 aromatic heterocycles. The predicted octanol–water partition coefficient (Wildman–Crippen LogP) is 4.67. The molecule has 0 saturated carbocycles. The Hall–Kier alpha value is -2.27. The number of nitrogens with one attached hydrogen (secondary N) is 2. The van der Waals surface area contributed by atoms with Gasteiger partial charge in [0.25, 0.3) is 0 Å². The Labute approximate surface area is 163 Å². The number of carbonyl (C=O) groups excluding carboxylic acids is 1. The Kier molecular flexibility index (Phi) is 6.94. The molecule has 0 fully saturated rings. The van der Waals surface area contributed by atoms with Crippen molar-refractivity contribution in [3.05, 3.63) is 53.8 Å². The Morgan fingerprint density at radius 3 is 2.14 bits per heavy atom. The zero-order valence-electron chi connectivity index (χ0n) is 14.5. The number of halogens is 4. The van der Waals surface area contributed by atoms with E-state index in [0.717, 1.165) is 30.0 Å². The van der Waals surface area contributed by atoms with E-state index in [1.165, 1.54) is 0 Å². The number of alkyl halides is 3. The molecule has 0 unspecified atom stereocenters. The minimum absolute atomic E-state index is 0.00806. The van der Waals surface area contributed by atoms with Crippen LogP contribution < -0.4 is 10.6 Å². The Morgan fingerprint density at radius 2 is 1.61 bits per heavy atom. The lowest BCUT2D eigenvalue weighted by Gasteiger charge is -2.10. The maximum absolute atomic E-state index is 13.7. The first-order chi connectivity index (χ1) is 12.9. The van der Waals surface area contributed by atoms with Gasteiger partial charge in [0, 0.05) is 17.6 Å². The van der Waals surface area contributed by atoms with Gasteiger partial charge < -0.3 is 10.6 Å². The zero-order chi connectivity index (χ0) is 20.9. The molecule has 2 amide bonds. The molecule has 0 saturated heterocycles. The average Bonchev–Trinajstić information content (AvgIpc) is 2.55. The number of aryl methyl sites for hydroxylation is 1. The largest absolute Gasteiger partial charge is 0.446 e. The van der Waals surface area contributed by atoms with Crippen molar-refractivity contribution in [1.82, 2.24) is 0 Å². The third-order valence-electron chi connectivity index (χ3n) is 3.39. The van der Waals surface area contributed by atoms with Crippen molar-refractivity contribution >= 4 is 39.0 Å². The van der Waals surface area contributed by atoms with Crippen LogP contribution in [0.5, 0.6) is 0 Å². The smallest absolute Gasteiger partial charge is 0.308 e. The second-order valence-electron chi connectivity index (χ2n) is 5.85. The van der Waals surface area contributed by atoms with E-state index >= 15 is 0 Å². The van der Waals surface area contributed by atoms with Crippen molar-refractivity contribution in [2.45, 2.75) is 16.8 Å². The number of sulfone groups is 1. The highest BCUT2D eigenvalue weighted by molar-refractivity contribution is 8.00. The van der Waals surface area contributed by atoms with Crippen LogP contribution in [0.15, 0.2) is 47.4 Å². The van der Waals surface area contributed by atoms with E-state index < -0.39 is 43.9 Å². The van der Waals surface area contributed by atoms with Crippen LogP contribution in [0.4, 0.5) is 33.7 Å². The first-order valence-corrected chi connectivity index (χ1v) is 10.7. The highest BCUT2D eigenvalue weighted by atomic mass is 32.2. The van der Waals surface area contributed by atoms with Crippen LogP contribution in [-0.2, 0) is 16.3 Å². The molecule has 0 spiro atoms. The third-order valence-corrected chi connectivity index (χ3v) is 5.12. The Bertz CT molecular complexity index is 946. The first-order valence-electron chi connectivity index (χ1n) is 7.81. The molecular weight excluding hydrogens is 420 g/mol. The van der Waals surface area contributed by atoms with Gasteiger partial charge in [0.05, 0.1) is 10.6 Å². The summed E-state index contributed by atoms with van der Waals surface area (Å²) in [6.07, 6.45) is 1.48. The molecule has 2 rings (SSSR count). The number of hydrogen-bond acceptors (Lipinski definition) is 4. The zero-order valence-corrected chi connectivity index (χ0v) is 16.1. The number of thioether (sulfide) groups is 1. The van der Waals surface area contributed by atoms with E-state index in [1.54, 1.807) is 24.3 Å². The molecule has 0 aliphatic carbocycles. The molecule has 0 aliphatic heterocycles. The minimum Gasteiger partial charge on any atom is -0.308 e. The summed E-state index contributed by atoms with van der Waals surface area (Å²) in [5.41, 5.74) is -3.44. The van der Waals surface area contributed by atoms with E-state index in [9.17, 15) is 30.8 Å². The summed E-state index contributed by atoms with van der Waals surface area (Å²) in [7, 11) is -3.08. The van der Waals surface area contributed by atoms with Gasteiger partial charge >= 0.3 is 11.5 Å². The number of rotatable bonds is 6. The summed E-state index contributed by atoms with van der Waals surface area (Å²) in [6, 6.07) is 8.63. The fourth-order valence-corrected chi connectivity index (χ4v) is 3.29. The average molecular weight is 436 g/mol. The third kappa shape index (κ3) is 7.77. The monoisotopic (exact) mass is 436 g/mol. The number of anilines is 2. The highest BCUT2D eigenvalue weighted by Crippen LogP contribution is 2.38. The molecule has 0 bridgehead atoms. The quantitative estimate of drug-likeness (QED) is 0.510. The van der Waals surface area contributed by atoms with Gasteiger partial charge in [-0.15, -0.1) is 0 Å². The van der Waals surface area contributed by atoms with Gasteiger partial charge in [0.15, 0.2) is 0 Å². The summed E-state index contributed by atoms with van der Waals surface area (Å²) in [4.78, 5) is 11.3. The van der Waals surface area contributed by atoms with Crippen LogP contribution >= 0.6 is 11.8 Å². The number of amides is 2. The second-order valence-corrected chi connectivity index (χ2v) is 9.22. The molecule has 2 N–H and O–H groups in total. The van der Waals surface area contributed by atoms with Crippen molar-refractivity contribution in [1.29, 1.82) is 0 Å². The fraction of sp³-hybridized carbons (Fsp3) is 0.235. The second kappa shape index (κ2) is 8.82. The maximum atomic E-state index is 13.7. The molecule has 0 heterocycles. The van der Waals surface area contributed by atoms with E-state index in [1.807, 2.05) is 0 Å². The van der Waals surface area contributed by atoms with E-state index in [2.05, 4.69) is 10.6 Å². The molecule has 2 aromatic rings. The number of hydrogen-bond donors (Lipinski definition) is 2. The lowest BCUT2D eigenvalue weighted by atomic mass is 10.1. The van der Waals surface area contributed by atoms with Gasteiger partial charge in [-0.25, -0.2) is 17.6 Å². The van der Waals surface area contributed by atoms with Crippen molar-refractivity contribution in [2.75, 3.05) is 22.6 Å². The Balaban J connectivity index is 1.94. The van der Waals surface area contributed by atoms with Crippen molar-refractivity contribution in [2.24, 2.45) is 0 Å². The van der Waals surface area contributed by atoms with Gasteiger partial charge in [-0.05, 0) is 54.1 Å². The molecule has 0 radical (unpaired) electrons. The van der Waals surface area contributed by atoms with E-state index in [-0.39, 0.29) is 11.4 Å². The molecule has 28 heavy (non-hydrogen) atoms. The topological polar surface area (TPSA) is 75.3 Å². The number of urea groups is 1. The summed E-state index contributed by atoms with van der Waals surface area (Å²) < 4.78 is 72.9. The number of carbonyl (C=O) groups is 1. The van der Waals surface area contributed by atoms with Gasteiger partial charge in [0.1, 0.15) is 15.7 Å². The Morgan fingerprint density at radius 1 is 1.04 bits per heavy atom. The van der Waals surface area contributed by atoms with Gasteiger partial charge in [0.2, 0.25) is 0 Å². The minimum atomic E-state index is -4.61. The van der Waals surface area contributed by atoms with Gasteiger partial charge in [-0.2, -0.15) is 13.2 Å². The molecule has 152 valence electrons. The van der Waals surface area contributed by atoms with Crippen LogP contribution in [0.1, 0.15) is 5.56 Å². The predicted molar refractivity (Wildman–Crippen MR) is 101 cm³/mol. The summed E-state index contributed by atoms with van der Waals surface area (Å²) in [5.74, 6) is -1.09. The fourth-order valence-electron chi connectivity index (χ4n) is 2.14. The summed E-state index contributed by atoms with van der Waals surface area (Å²) >= 11 is -0.577. The van der Waals surface area contributed by atoms with Crippen molar-refractivity contribution in [3.8, 4) is 0 Å². The van der Waals surface area contributed by atoms with Crippen LogP contribution in [0.25, 0.3) is 0 Å². The van der Waals surface area contributed by atoms with Gasteiger partial charge in [-0.1, -0.05) is 12.1 Å². The van der Waals surface area contributed by atoms with Crippen molar-refractivity contribution < 1.29 is 30.8 Å². The molecule has 0 aliphatic rings. The molecule has 0 atom stereocenters. The van der Waals surface area contributed by atoms with E-state index in [4.69, 9.17) is 0 Å². The van der Waals surface area contributed by atoms with Crippen LogP contribution in [0.2, 0.25) is 0 Å². The lowest BCUT2D eigenvalue weighted by Crippen LogP contribution is -2.19. The van der Waals surface area contributed by atoms with E-state index in [0.29, 0.717) is 12.1 Å². The lowest BCUT2D eigenvalue weighted by molar-refractivity contribution is -0.0329. The molecule has 11 heteroatoms. The van der Waals surface area contributed by atoms with Crippen LogP contribution in [-0.4, -0.2) is 32.0 Å². The highest BCUT2D eigenvalue weighted by Gasteiger charge is 2.30. The van der Waals surface area contributed by atoms with Crippen molar-refractivity contribution in [3.63, 3.8) is 0 Å². The van der Waals surface area contributed by atoms with Gasteiger partial charge in [-0.3, -0.25) is 0 Å². The molecule has 2 aromatic carbocycles. The van der Waals surface area contributed by atoms with Crippen LogP contribution in [0, 0.1) is 5.82 Å². The van der Waals surface area contributed by atoms with Crippen LogP contribution in [0.3, 0.4) is 0 Å². The number of benzene rings is 2. The summed E-state index contributed by atoms with van der Waals surface area (Å²) in [5, 5.41) is 4.81.